The zero-order chi connectivity index (χ0) is 13.3. The molecule has 0 atom stereocenters. The first kappa shape index (κ1) is 12.8. The van der Waals surface area contributed by atoms with Gasteiger partial charge in [-0.1, -0.05) is 18.3 Å². The lowest BCUT2D eigenvalue weighted by Gasteiger charge is -2.13. The van der Waals surface area contributed by atoms with E-state index >= 15 is 0 Å². The van der Waals surface area contributed by atoms with Gasteiger partial charge in [0.05, 0.1) is 0 Å². The Morgan fingerprint density at radius 1 is 1.50 bits per heavy atom. The second kappa shape index (κ2) is 4.95. The lowest BCUT2D eigenvalue weighted by Crippen LogP contribution is -2.21. The van der Waals surface area contributed by atoms with Crippen LogP contribution in [0.15, 0.2) is 34.1 Å². The maximum Gasteiger partial charge on any atom is 0.275 e. The number of hydrogen-bond donors (Lipinski definition) is 1. The Balaban J connectivity index is 2.58. The first-order valence-corrected chi connectivity index (χ1v) is 6.32. The fourth-order valence-corrected chi connectivity index (χ4v) is 2.26. The van der Waals surface area contributed by atoms with E-state index in [4.69, 9.17) is 12.2 Å². The smallest absolute Gasteiger partial charge is 0.275 e. The zero-order valence-corrected chi connectivity index (χ0v) is 11.5. The Morgan fingerprint density at radius 3 is 2.89 bits per heavy atom. The monoisotopic (exact) mass is 281 g/mol. The van der Waals surface area contributed by atoms with Gasteiger partial charge in [0.25, 0.3) is 5.56 Å². The highest BCUT2D eigenvalue weighted by atomic mass is 32.2. The fourth-order valence-electron chi connectivity index (χ4n) is 1.33. The molecule has 0 saturated heterocycles. The van der Waals surface area contributed by atoms with Crippen molar-refractivity contribution in [3.8, 4) is 5.88 Å². The highest BCUT2D eigenvalue weighted by molar-refractivity contribution is 8.23. The Labute approximate surface area is 113 Å². The van der Waals surface area contributed by atoms with Crippen LogP contribution in [0.4, 0.5) is 0 Å². The van der Waals surface area contributed by atoms with Crippen LogP contribution in [0.5, 0.6) is 5.88 Å². The van der Waals surface area contributed by atoms with Crippen molar-refractivity contribution in [2.45, 2.75) is 4.90 Å². The third-order valence-electron chi connectivity index (χ3n) is 2.23. The molecule has 0 spiro atoms. The lowest BCUT2D eigenvalue weighted by molar-refractivity contribution is 0.437. The number of fused-ring (bicyclic) bond motifs is 1. The molecule has 0 saturated carbocycles. The number of aromatic nitrogens is 2. The summed E-state index contributed by atoms with van der Waals surface area (Å²) in [4.78, 5) is 18.0. The Morgan fingerprint density at radius 2 is 2.22 bits per heavy atom. The molecule has 2 rings (SSSR count). The number of pyridine rings is 1. The van der Waals surface area contributed by atoms with Crippen molar-refractivity contribution in [2.24, 2.45) is 0 Å². The summed E-state index contributed by atoms with van der Waals surface area (Å²) in [7, 11) is 3.55. The summed E-state index contributed by atoms with van der Waals surface area (Å²) in [6.45, 7) is 0. The maximum atomic E-state index is 12.2. The van der Waals surface area contributed by atoms with Crippen molar-refractivity contribution in [1.29, 1.82) is 0 Å². The van der Waals surface area contributed by atoms with Crippen molar-refractivity contribution in [2.75, 3.05) is 14.1 Å². The highest BCUT2D eigenvalue weighted by Crippen LogP contribution is 2.25. The third-order valence-corrected chi connectivity index (χ3v) is 3.95. The van der Waals surface area contributed by atoms with Crippen molar-refractivity contribution in [3.63, 3.8) is 0 Å². The van der Waals surface area contributed by atoms with Crippen LogP contribution < -0.4 is 5.56 Å². The van der Waals surface area contributed by atoms with Gasteiger partial charge in [0.1, 0.15) is 14.9 Å². The lowest BCUT2D eigenvalue weighted by atomic mass is 10.4. The first-order chi connectivity index (χ1) is 8.50. The largest absolute Gasteiger partial charge is 0.492 e. The predicted octanol–water partition coefficient (Wildman–Crippen LogP) is 1.34. The minimum absolute atomic E-state index is 0.136. The van der Waals surface area contributed by atoms with Crippen LogP contribution in [0.25, 0.3) is 5.65 Å². The van der Waals surface area contributed by atoms with Crippen LogP contribution in [-0.2, 0) is 0 Å². The number of rotatable bonds is 1. The van der Waals surface area contributed by atoms with Crippen LogP contribution in [0.2, 0.25) is 0 Å². The molecular formula is C11H11N3O2S2. The van der Waals surface area contributed by atoms with Gasteiger partial charge in [-0.05, 0) is 23.9 Å². The topological polar surface area (TPSA) is 57.8 Å². The summed E-state index contributed by atoms with van der Waals surface area (Å²) in [6, 6.07) is 5.13. The summed E-state index contributed by atoms with van der Waals surface area (Å²) in [5.41, 5.74) is 0.0763. The molecule has 0 aliphatic heterocycles. The van der Waals surface area contributed by atoms with Crippen molar-refractivity contribution >= 4 is 33.9 Å². The normalized spacial score (nSPS) is 10.6. The molecule has 5 nitrogen and oxygen atoms in total. The SMILES string of the molecule is CN(C)C(=S)Sc1c(O)nc2ccccn2c1=O. The Bertz CT molecular complexity index is 667. The summed E-state index contributed by atoms with van der Waals surface area (Å²) in [5, 5.41) is 9.80. The molecule has 0 radical (unpaired) electrons. The second-order valence-electron chi connectivity index (χ2n) is 3.76. The van der Waals surface area contributed by atoms with Crippen LogP contribution in [0, 0.1) is 0 Å². The summed E-state index contributed by atoms with van der Waals surface area (Å²) in [5.74, 6) is -0.291. The van der Waals surface area contributed by atoms with Crippen LogP contribution in [0.3, 0.4) is 0 Å². The average molecular weight is 281 g/mol. The molecule has 0 unspecified atom stereocenters. The van der Waals surface area contributed by atoms with Crippen molar-refractivity contribution in [1.82, 2.24) is 14.3 Å². The molecular weight excluding hydrogens is 270 g/mol. The summed E-state index contributed by atoms with van der Waals surface area (Å²) in [6.07, 6.45) is 1.60. The van der Waals surface area contributed by atoms with E-state index in [0.29, 0.717) is 9.97 Å². The zero-order valence-electron chi connectivity index (χ0n) is 9.82. The van der Waals surface area contributed by atoms with Crippen molar-refractivity contribution in [3.05, 3.63) is 34.7 Å². The van der Waals surface area contributed by atoms with Gasteiger partial charge in [-0.2, -0.15) is 4.98 Å². The van der Waals surface area contributed by atoms with Gasteiger partial charge in [-0.3, -0.25) is 9.20 Å². The standard InChI is InChI=1S/C11H11N3O2S2/c1-13(2)11(17)18-8-9(15)12-7-5-3-4-6-14(7)10(8)16/h3-6,15H,1-2H3. The molecule has 1 N–H and O–H groups in total. The van der Waals surface area contributed by atoms with Gasteiger partial charge in [0.2, 0.25) is 5.88 Å². The molecule has 0 aromatic carbocycles. The minimum atomic E-state index is -0.327. The fraction of sp³-hybridized carbons (Fsp3) is 0.182. The molecule has 2 aromatic rings. The van der Waals surface area contributed by atoms with Gasteiger partial charge < -0.3 is 10.0 Å². The van der Waals surface area contributed by atoms with E-state index < -0.39 is 0 Å². The van der Waals surface area contributed by atoms with Gasteiger partial charge in [-0.15, -0.1) is 0 Å². The quantitative estimate of drug-likeness (QED) is 0.629. The molecule has 2 heterocycles. The first-order valence-electron chi connectivity index (χ1n) is 5.10. The Hall–Kier alpha value is -1.60. The molecule has 18 heavy (non-hydrogen) atoms. The van der Waals surface area contributed by atoms with E-state index in [1.807, 2.05) is 0 Å². The van der Waals surface area contributed by atoms with Gasteiger partial charge in [0, 0.05) is 20.3 Å². The minimum Gasteiger partial charge on any atom is -0.492 e. The number of aromatic hydroxyl groups is 1. The van der Waals surface area contributed by atoms with Crippen LogP contribution in [-0.4, -0.2) is 37.8 Å². The van der Waals surface area contributed by atoms with Gasteiger partial charge in [0.15, 0.2) is 0 Å². The van der Waals surface area contributed by atoms with E-state index in [2.05, 4.69) is 4.98 Å². The number of hydrogen-bond acceptors (Lipinski definition) is 5. The molecule has 0 aliphatic carbocycles. The molecule has 0 aliphatic rings. The molecule has 2 aromatic heterocycles. The van der Waals surface area contributed by atoms with E-state index in [0.717, 1.165) is 11.8 Å². The van der Waals surface area contributed by atoms with Crippen LogP contribution in [0.1, 0.15) is 0 Å². The van der Waals surface area contributed by atoms with Crippen LogP contribution >= 0.6 is 24.0 Å². The summed E-state index contributed by atoms with van der Waals surface area (Å²) < 4.78 is 1.86. The van der Waals surface area contributed by atoms with E-state index in [9.17, 15) is 9.90 Å². The Kier molecular flexibility index (Phi) is 3.53. The molecule has 0 amide bonds. The molecule has 0 fully saturated rings. The molecule has 7 heteroatoms. The number of thioether (sulfide) groups is 1. The molecule has 0 bridgehead atoms. The van der Waals surface area contributed by atoms with E-state index in [1.54, 1.807) is 43.4 Å². The maximum absolute atomic E-state index is 12.2. The predicted molar refractivity (Wildman–Crippen MR) is 75.3 cm³/mol. The second-order valence-corrected chi connectivity index (χ2v) is 5.41. The summed E-state index contributed by atoms with van der Waals surface area (Å²) >= 11 is 6.14. The van der Waals surface area contributed by atoms with Gasteiger partial charge in [-0.25, -0.2) is 0 Å². The number of nitrogens with zero attached hydrogens (tertiary/aromatic N) is 3. The van der Waals surface area contributed by atoms with E-state index in [1.165, 1.54) is 4.40 Å². The highest BCUT2D eigenvalue weighted by Gasteiger charge is 2.15. The molecule has 94 valence electrons. The average Bonchev–Trinajstić information content (AvgIpc) is 2.34. The van der Waals surface area contributed by atoms with Crippen molar-refractivity contribution < 1.29 is 5.11 Å². The third kappa shape index (κ3) is 2.32. The van der Waals surface area contributed by atoms with Gasteiger partial charge >= 0.3 is 0 Å². The van der Waals surface area contributed by atoms with E-state index in [-0.39, 0.29) is 16.3 Å². The number of thiocarbonyl (C=S) groups is 1.